The molecule has 3 nitrogen and oxygen atoms in total. The number of rotatable bonds is 8. The zero-order chi connectivity index (χ0) is 12.7. The fourth-order valence-electron chi connectivity index (χ4n) is 2.01. The number of imidazole rings is 1. The van der Waals surface area contributed by atoms with Gasteiger partial charge < -0.3 is 9.88 Å². The van der Waals surface area contributed by atoms with Gasteiger partial charge in [-0.2, -0.15) is 0 Å². The first-order valence-electron chi connectivity index (χ1n) is 6.86. The first-order chi connectivity index (χ1) is 8.15. The molecule has 0 unspecified atom stereocenters. The lowest BCUT2D eigenvalue weighted by molar-refractivity contribution is 0.495. The standard InChI is InChI=1S/C14H27N3/c1-5-8-15-10-14-11-16-13(4)17(14)9-6-7-12(2)3/h11-12,15H,5-10H2,1-4H3. The molecule has 0 aliphatic carbocycles. The number of nitrogens with one attached hydrogen (secondary N) is 1. The van der Waals surface area contributed by atoms with Crippen LogP contribution in [0, 0.1) is 12.8 Å². The molecule has 1 rings (SSSR count). The predicted molar refractivity (Wildman–Crippen MR) is 73.0 cm³/mol. The summed E-state index contributed by atoms with van der Waals surface area (Å²) in [6, 6.07) is 0. The van der Waals surface area contributed by atoms with Crippen LogP contribution in [0.3, 0.4) is 0 Å². The van der Waals surface area contributed by atoms with Gasteiger partial charge in [0, 0.05) is 19.3 Å². The van der Waals surface area contributed by atoms with Crippen molar-refractivity contribution >= 4 is 0 Å². The summed E-state index contributed by atoms with van der Waals surface area (Å²) < 4.78 is 2.35. The Labute approximate surface area is 106 Å². The topological polar surface area (TPSA) is 29.9 Å². The van der Waals surface area contributed by atoms with Crippen molar-refractivity contribution in [2.45, 2.75) is 60.0 Å². The van der Waals surface area contributed by atoms with Gasteiger partial charge >= 0.3 is 0 Å². The second-order valence-electron chi connectivity index (χ2n) is 5.16. The highest BCUT2D eigenvalue weighted by Gasteiger charge is 2.06. The van der Waals surface area contributed by atoms with E-state index in [0.717, 1.165) is 31.4 Å². The van der Waals surface area contributed by atoms with Gasteiger partial charge in [-0.25, -0.2) is 4.98 Å². The summed E-state index contributed by atoms with van der Waals surface area (Å²) in [5, 5.41) is 3.44. The minimum atomic E-state index is 0.792. The lowest BCUT2D eigenvalue weighted by Crippen LogP contribution is -2.17. The first-order valence-corrected chi connectivity index (χ1v) is 6.86. The van der Waals surface area contributed by atoms with Gasteiger partial charge in [0.2, 0.25) is 0 Å². The average Bonchev–Trinajstić information content (AvgIpc) is 2.61. The van der Waals surface area contributed by atoms with Crippen LogP contribution in [0.2, 0.25) is 0 Å². The van der Waals surface area contributed by atoms with Crippen molar-refractivity contribution in [3.63, 3.8) is 0 Å². The molecule has 98 valence electrons. The molecule has 17 heavy (non-hydrogen) atoms. The smallest absolute Gasteiger partial charge is 0.105 e. The molecule has 0 spiro atoms. The van der Waals surface area contributed by atoms with E-state index < -0.39 is 0 Å². The van der Waals surface area contributed by atoms with Crippen LogP contribution in [0.25, 0.3) is 0 Å². The molecule has 1 aromatic heterocycles. The summed E-state index contributed by atoms with van der Waals surface area (Å²) in [6.45, 7) is 12.0. The molecule has 0 radical (unpaired) electrons. The maximum atomic E-state index is 4.42. The second-order valence-corrected chi connectivity index (χ2v) is 5.16. The molecule has 0 saturated carbocycles. The Kier molecular flexibility index (Phi) is 6.27. The van der Waals surface area contributed by atoms with Crippen molar-refractivity contribution in [1.82, 2.24) is 14.9 Å². The van der Waals surface area contributed by atoms with Crippen LogP contribution in [0.5, 0.6) is 0 Å². The number of hydrogen-bond acceptors (Lipinski definition) is 2. The van der Waals surface area contributed by atoms with Crippen LogP contribution in [0.4, 0.5) is 0 Å². The van der Waals surface area contributed by atoms with E-state index in [1.165, 1.54) is 25.0 Å². The third kappa shape index (κ3) is 4.90. The van der Waals surface area contributed by atoms with Crippen molar-refractivity contribution in [3.8, 4) is 0 Å². The molecular weight excluding hydrogens is 210 g/mol. The summed E-state index contributed by atoms with van der Waals surface area (Å²) >= 11 is 0. The van der Waals surface area contributed by atoms with Gasteiger partial charge in [-0.15, -0.1) is 0 Å². The number of aryl methyl sites for hydroxylation is 1. The maximum Gasteiger partial charge on any atom is 0.105 e. The van der Waals surface area contributed by atoms with Gasteiger partial charge in [0.15, 0.2) is 0 Å². The molecule has 0 fully saturated rings. The van der Waals surface area contributed by atoms with Crippen LogP contribution in [-0.2, 0) is 13.1 Å². The van der Waals surface area contributed by atoms with E-state index in [-0.39, 0.29) is 0 Å². The molecule has 1 heterocycles. The molecule has 0 aromatic carbocycles. The Morgan fingerprint density at radius 3 is 2.82 bits per heavy atom. The summed E-state index contributed by atoms with van der Waals surface area (Å²) in [4.78, 5) is 4.42. The van der Waals surface area contributed by atoms with E-state index in [0.29, 0.717) is 0 Å². The van der Waals surface area contributed by atoms with Crippen LogP contribution in [-0.4, -0.2) is 16.1 Å². The van der Waals surface area contributed by atoms with Gasteiger partial charge in [0.25, 0.3) is 0 Å². The first kappa shape index (κ1) is 14.2. The summed E-state index contributed by atoms with van der Waals surface area (Å²) in [5.41, 5.74) is 1.32. The van der Waals surface area contributed by atoms with E-state index >= 15 is 0 Å². The zero-order valence-corrected chi connectivity index (χ0v) is 11.8. The van der Waals surface area contributed by atoms with Crippen LogP contribution < -0.4 is 5.32 Å². The van der Waals surface area contributed by atoms with Crippen molar-refractivity contribution in [1.29, 1.82) is 0 Å². The molecule has 0 amide bonds. The monoisotopic (exact) mass is 237 g/mol. The second kappa shape index (κ2) is 7.49. The molecule has 1 aromatic rings. The lowest BCUT2D eigenvalue weighted by atomic mass is 10.1. The van der Waals surface area contributed by atoms with Crippen molar-refractivity contribution in [2.75, 3.05) is 6.54 Å². The average molecular weight is 237 g/mol. The summed E-state index contributed by atoms with van der Waals surface area (Å²) in [5.74, 6) is 1.93. The molecule has 0 aliphatic rings. The van der Waals surface area contributed by atoms with E-state index in [4.69, 9.17) is 0 Å². The van der Waals surface area contributed by atoms with Gasteiger partial charge in [-0.1, -0.05) is 20.8 Å². The van der Waals surface area contributed by atoms with Crippen molar-refractivity contribution < 1.29 is 0 Å². The zero-order valence-electron chi connectivity index (χ0n) is 11.8. The molecule has 0 atom stereocenters. The van der Waals surface area contributed by atoms with E-state index in [2.05, 4.69) is 42.6 Å². The van der Waals surface area contributed by atoms with Crippen molar-refractivity contribution in [3.05, 3.63) is 17.7 Å². The highest BCUT2D eigenvalue weighted by Crippen LogP contribution is 2.10. The van der Waals surface area contributed by atoms with E-state index in [1.807, 2.05) is 6.20 Å². The number of hydrogen-bond donors (Lipinski definition) is 1. The Bertz CT molecular complexity index is 315. The van der Waals surface area contributed by atoms with Crippen molar-refractivity contribution in [2.24, 2.45) is 5.92 Å². The normalized spacial score (nSPS) is 11.4. The highest BCUT2D eigenvalue weighted by atomic mass is 15.1. The summed E-state index contributed by atoms with van der Waals surface area (Å²) in [6.07, 6.45) is 5.73. The molecular formula is C14H27N3. The third-order valence-corrected chi connectivity index (χ3v) is 3.03. The highest BCUT2D eigenvalue weighted by molar-refractivity contribution is 5.04. The van der Waals surface area contributed by atoms with Crippen LogP contribution in [0.1, 0.15) is 51.6 Å². The maximum absolute atomic E-state index is 4.42. The summed E-state index contributed by atoms with van der Waals surface area (Å²) in [7, 11) is 0. The molecule has 0 bridgehead atoms. The number of nitrogens with zero attached hydrogens (tertiary/aromatic N) is 2. The Hall–Kier alpha value is -0.830. The fourth-order valence-corrected chi connectivity index (χ4v) is 2.01. The fraction of sp³-hybridized carbons (Fsp3) is 0.786. The van der Waals surface area contributed by atoms with Gasteiger partial charge in [0.05, 0.1) is 5.69 Å². The van der Waals surface area contributed by atoms with E-state index in [9.17, 15) is 0 Å². The quantitative estimate of drug-likeness (QED) is 0.704. The minimum Gasteiger partial charge on any atom is -0.331 e. The molecule has 0 saturated heterocycles. The SMILES string of the molecule is CCCNCc1cnc(C)n1CCCC(C)C. The van der Waals surface area contributed by atoms with Gasteiger partial charge in [-0.3, -0.25) is 0 Å². The lowest BCUT2D eigenvalue weighted by Gasteiger charge is -2.11. The number of aromatic nitrogens is 2. The third-order valence-electron chi connectivity index (χ3n) is 3.03. The van der Waals surface area contributed by atoms with Gasteiger partial charge in [-0.05, 0) is 38.6 Å². The largest absolute Gasteiger partial charge is 0.331 e. The van der Waals surface area contributed by atoms with Crippen LogP contribution >= 0.6 is 0 Å². The molecule has 0 aliphatic heterocycles. The Morgan fingerprint density at radius 2 is 2.18 bits per heavy atom. The van der Waals surface area contributed by atoms with Crippen LogP contribution in [0.15, 0.2) is 6.20 Å². The molecule has 1 N–H and O–H groups in total. The Morgan fingerprint density at radius 1 is 1.41 bits per heavy atom. The van der Waals surface area contributed by atoms with E-state index in [1.54, 1.807) is 0 Å². The molecule has 3 heteroatoms. The van der Waals surface area contributed by atoms with Gasteiger partial charge in [0.1, 0.15) is 5.82 Å². The Balaban J connectivity index is 2.47. The predicted octanol–water partition coefficient (Wildman–Crippen LogP) is 3.13. The minimum absolute atomic E-state index is 0.792.